The number of hydrogen-bond donors (Lipinski definition) is 3. The second kappa shape index (κ2) is 8.03. The Morgan fingerprint density at radius 2 is 1.97 bits per heavy atom. The second-order valence-corrected chi connectivity index (χ2v) is 9.25. The van der Waals surface area contributed by atoms with E-state index in [1.807, 2.05) is 49.6 Å². The summed E-state index contributed by atoms with van der Waals surface area (Å²) in [6, 6.07) is 11.6. The Balaban J connectivity index is 1.50. The molecular formula is C25H20FN7S. The Bertz CT molecular complexity index is 1630. The summed E-state index contributed by atoms with van der Waals surface area (Å²) >= 11 is 1.60. The largest absolute Gasteiger partial charge is 0.382 e. The van der Waals surface area contributed by atoms with Crippen molar-refractivity contribution in [1.82, 2.24) is 30.1 Å². The number of hydrogen-bond acceptors (Lipinski definition) is 6. The van der Waals surface area contributed by atoms with Crippen LogP contribution in [0.4, 0.5) is 10.1 Å². The summed E-state index contributed by atoms with van der Waals surface area (Å²) in [5.74, 6) is 0.110. The van der Waals surface area contributed by atoms with Gasteiger partial charge in [-0.15, -0.1) is 11.3 Å². The van der Waals surface area contributed by atoms with E-state index in [4.69, 9.17) is 4.98 Å². The van der Waals surface area contributed by atoms with Gasteiger partial charge in [0.15, 0.2) is 5.82 Å². The number of aromatic amines is 2. The van der Waals surface area contributed by atoms with Crippen molar-refractivity contribution in [2.75, 3.05) is 5.32 Å². The monoisotopic (exact) mass is 469 g/mol. The molecule has 6 rings (SSSR count). The molecule has 0 fully saturated rings. The molecule has 3 N–H and O–H groups in total. The van der Waals surface area contributed by atoms with Crippen molar-refractivity contribution < 1.29 is 4.39 Å². The predicted molar refractivity (Wildman–Crippen MR) is 134 cm³/mol. The second-order valence-electron chi connectivity index (χ2n) is 8.30. The molecular weight excluding hydrogens is 449 g/mol. The van der Waals surface area contributed by atoms with Crippen molar-refractivity contribution in [3.8, 4) is 33.2 Å². The minimum atomic E-state index is -0.373. The summed E-state index contributed by atoms with van der Waals surface area (Å²) in [6.45, 7) is 4.09. The van der Waals surface area contributed by atoms with Gasteiger partial charge in [-0.05, 0) is 49.6 Å². The molecule has 5 aromatic heterocycles. The number of anilines is 1. The van der Waals surface area contributed by atoms with Crippen molar-refractivity contribution in [1.29, 1.82) is 0 Å². The molecule has 0 unspecified atom stereocenters. The summed E-state index contributed by atoms with van der Waals surface area (Å²) in [7, 11) is 0. The van der Waals surface area contributed by atoms with E-state index >= 15 is 4.39 Å². The first kappa shape index (κ1) is 20.5. The first-order chi connectivity index (χ1) is 16.6. The molecule has 0 radical (unpaired) electrons. The zero-order valence-corrected chi connectivity index (χ0v) is 19.2. The number of halogens is 1. The third-order valence-electron chi connectivity index (χ3n) is 5.55. The number of nitrogens with one attached hydrogen (secondary N) is 3. The molecule has 1 aromatic carbocycles. The van der Waals surface area contributed by atoms with Crippen LogP contribution in [-0.4, -0.2) is 36.2 Å². The maximum atomic E-state index is 15.9. The lowest BCUT2D eigenvalue weighted by molar-refractivity contribution is 0.643. The SMILES string of the molecule is CC(C)Nc1cncc(-c2ccc3[nH]nc(-c4nc5c(-c6cccs6)nccc5[nH]4)c3c2F)c1. The fourth-order valence-electron chi connectivity index (χ4n) is 4.11. The topological polar surface area (TPSA) is 95.2 Å². The molecule has 0 saturated carbocycles. The Hall–Kier alpha value is -4.11. The maximum Gasteiger partial charge on any atom is 0.159 e. The Kier molecular flexibility index (Phi) is 4.84. The van der Waals surface area contributed by atoms with Crippen molar-refractivity contribution in [3.05, 3.63) is 66.2 Å². The van der Waals surface area contributed by atoms with E-state index < -0.39 is 0 Å². The molecule has 0 aliphatic heterocycles. The number of aromatic nitrogens is 6. The van der Waals surface area contributed by atoms with Crippen LogP contribution < -0.4 is 5.32 Å². The first-order valence-electron chi connectivity index (χ1n) is 10.9. The van der Waals surface area contributed by atoms with Crippen LogP contribution in [0.5, 0.6) is 0 Å². The van der Waals surface area contributed by atoms with E-state index in [1.165, 1.54) is 0 Å². The molecule has 6 aromatic rings. The van der Waals surface area contributed by atoms with Crippen molar-refractivity contribution >= 4 is 39.0 Å². The molecule has 168 valence electrons. The van der Waals surface area contributed by atoms with Crippen LogP contribution in [0.3, 0.4) is 0 Å². The van der Waals surface area contributed by atoms with Crippen molar-refractivity contribution in [2.45, 2.75) is 19.9 Å². The van der Waals surface area contributed by atoms with Crippen LogP contribution in [0.15, 0.2) is 60.4 Å². The van der Waals surface area contributed by atoms with E-state index in [1.54, 1.807) is 36.0 Å². The third-order valence-corrected chi connectivity index (χ3v) is 6.43. The Morgan fingerprint density at radius 1 is 1.06 bits per heavy atom. The molecule has 9 heteroatoms. The van der Waals surface area contributed by atoms with Crippen LogP contribution in [0.25, 0.3) is 55.2 Å². The summed E-state index contributed by atoms with van der Waals surface area (Å²) < 4.78 is 15.9. The molecule has 0 bridgehead atoms. The van der Waals surface area contributed by atoms with E-state index in [0.29, 0.717) is 33.5 Å². The van der Waals surface area contributed by atoms with Gasteiger partial charge in [0.1, 0.15) is 22.7 Å². The standard InChI is InChI=1S/C25H20FN7S/c1-13(2)29-15-10-14(11-27-12-15)16-5-6-17-20(21(16)26)24(33-32-17)25-30-18-7-8-28-23(22(18)31-25)19-4-3-9-34-19/h3-13,29H,1-2H3,(H,30,31)(H,32,33). The summed E-state index contributed by atoms with van der Waals surface area (Å²) in [6.07, 6.45) is 5.14. The normalized spacial score (nSPS) is 11.6. The number of rotatable bonds is 5. The smallest absolute Gasteiger partial charge is 0.159 e. The molecule has 0 spiro atoms. The van der Waals surface area contributed by atoms with Crippen LogP contribution in [0, 0.1) is 5.82 Å². The maximum absolute atomic E-state index is 15.9. The third kappa shape index (κ3) is 3.41. The molecule has 34 heavy (non-hydrogen) atoms. The van der Waals surface area contributed by atoms with Crippen LogP contribution in [-0.2, 0) is 0 Å². The highest BCUT2D eigenvalue weighted by molar-refractivity contribution is 7.13. The highest BCUT2D eigenvalue weighted by Gasteiger charge is 2.21. The number of thiophene rings is 1. The van der Waals surface area contributed by atoms with Gasteiger partial charge < -0.3 is 10.3 Å². The number of benzene rings is 1. The average Bonchev–Trinajstić information content (AvgIpc) is 3.57. The zero-order valence-electron chi connectivity index (χ0n) is 18.4. The van der Waals surface area contributed by atoms with Gasteiger partial charge in [-0.3, -0.25) is 15.1 Å². The predicted octanol–water partition coefficient (Wildman–Crippen LogP) is 6.25. The lowest BCUT2D eigenvalue weighted by Gasteiger charge is -2.11. The van der Waals surface area contributed by atoms with Gasteiger partial charge in [-0.2, -0.15) is 5.10 Å². The number of H-pyrrole nitrogens is 2. The highest BCUT2D eigenvalue weighted by atomic mass is 32.1. The summed E-state index contributed by atoms with van der Waals surface area (Å²) in [5, 5.41) is 13.0. The molecule has 7 nitrogen and oxygen atoms in total. The zero-order chi connectivity index (χ0) is 23.2. The van der Waals surface area contributed by atoms with Gasteiger partial charge in [0.05, 0.1) is 27.0 Å². The van der Waals surface area contributed by atoms with Gasteiger partial charge in [-0.25, -0.2) is 9.37 Å². The molecule has 0 aliphatic rings. The van der Waals surface area contributed by atoms with Crippen LogP contribution >= 0.6 is 11.3 Å². The molecule has 0 saturated heterocycles. The summed E-state index contributed by atoms with van der Waals surface area (Å²) in [5.41, 5.74) is 5.33. The van der Waals surface area contributed by atoms with Gasteiger partial charge in [0, 0.05) is 35.8 Å². The fraction of sp³-hybridized carbons (Fsp3) is 0.120. The quantitative estimate of drug-likeness (QED) is 0.277. The Labute approximate surface area is 198 Å². The van der Waals surface area contributed by atoms with E-state index in [-0.39, 0.29) is 11.9 Å². The lowest BCUT2D eigenvalue weighted by atomic mass is 10.0. The van der Waals surface area contributed by atoms with Gasteiger partial charge in [0.2, 0.25) is 0 Å². The van der Waals surface area contributed by atoms with Gasteiger partial charge in [-0.1, -0.05) is 6.07 Å². The van der Waals surface area contributed by atoms with Crippen LogP contribution in [0.2, 0.25) is 0 Å². The highest BCUT2D eigenvalue weighted by Crippen LogP contribution is 2.35. The molecule has 0 aliphatic carbocycles. The fourth-order valence-corrected chi connectivity index (χ4v) is 4.83. The number of pyridine rings is 2. The number of fused-ring (bicyclic) bond motifs is 2. The Morgan fingerprint density at radius 3 is 2.79 bits per heavy atom. The number of nitrogens with zero attached hydrogens (tertiary/aromatic N) is 4. The van der Waals surface area contributed by atoms with Crippen molar-refractivity contribution in [2.24, 2.45) is 0 Å². The number of imidazole rings is 1. The summed E-state index contributed by atoms with van der Waals surface area (Å²) in [4.78, 5) is 17.9. The van der Waals surface area contributed by atoms with E-state index in [2.05, 4.69) is 30.5 Å². The lowest BCUT2D eigenvalue weighted by Crippen LogP contribution is -2.09. The van der Waals surface area contributed by atoms with E-state index in [9.17, 15) is 0 Å². The van der Waals surface area contributed by atoms with E-state index in [0.717, 1.165) is 27.3 Å². The average molecular weight is 470 g/mol. The minimum absolute atomic E-state index is 0.242. The first-order valence-corrected chi connectivity index (χ1v) is 11.7. The van der Waals surface area contributed by atoms with Crippen molar-refractivity contribution in [3.63, 3.8) is 0 Å². The van der Waals surface area contributed by atoms with Gasteiger partial charge >= 0.3 is 0 Å². The molecule has 0 amide bonds. The molecule has 0 atom stereocenters. The molecule has 5 heterocycles. The minimum Gasteiger partial charge on any atom is -0.382 e. The van der Waals surface area contributed by atoms with Gasteiger partial charge in [0.25, 0.3) is 0 Å². The van der Waals surface area contributed by atoms with Crippen LogP contribution in [0.1, 0.15) is 13.8 Å².